The lowest BCUT2D eigenvalue weighted by Crippen LogP contribution is -2.34. The van der Waals surface area contributed by atoms with Gasteiger partial charge < -0.3 is 10.7 Å². The molecule has 0 radical (unpaired) electrons. The number of hydrazine groups is 1. The maximum Gasteiger partial charge on any atom is 0.251 e. The molecule has 2 atom stereocenters. The van der Waals surface area contributed by atoms with Crippen LogP contribution in [0.5, 0.6) is 0 Å². The number of anilines is 1. The third-order valence-electron chi connectivity index (χ3n) is 4.24. The monoisotopic (exact) mass is 275 g/mol. The van der Waals surface area contributed by atoms with Gasteiger partial charge in [-0.3, -0.25) is 10.6 Å². The number of nitrogens with two attached hydrogens (primary N) is 1. The fraction of sp³-hybridized carbons (Fsp3) is 0.562. The molecule has 2 rings (SSSR count). The van der Waals surface area contributed by atoms with E-state index in [0.29, 0.717) is 11.6 Å². The molecule has 1 amide bonds. The van der Waals surface area contributed by atoms with Crippen molar-refractivity contribution in [3.05, 3.63) is 29.3 Å². The Labute approximate surface area is 121 Å². The number of amides is 1. The summed E-state index contributed by atoms with van der Waals surface area (Å²) in [5.74, 6) is 6.22. The van der Waals surface area contributed by atoms with Gasteiger partial charge in [-0.2, -0.15) is 0 Å². The Hall–Kier alpha value is -1.55. The van der Waals surface area contributed by atoms with Crippen molar-refractivity contribution in [1.82, 2.24) is 5.32 Å². The van der Waals surface area contributed by atoms with Gasteiger partial charge in [0, 0.05) is 11.6 Å². The van der Waals surface area contributed by atoms with Crippen molar-refractivity contribution in [2.24, 2.45) is 11.8 Å². The largest absolute Gasteiger partial charge is 0.349 e. The summed E-state index contributed by atoms with van der Waals surface area (Å²) in [5.41, 5.74) is 5.16. The van der Waals surface area contributed by atoms with E-state index in [1.165, 1.54) is 19.3 Å². The molecule has 1 aromatic rings. The number of carbonyl (C=O) groups excluding carboxylic acids is 1. The van der Waals surface area contributed by atoms with Crippen molar-refractivity contribution in [3.63, 3.8) is 0 Å². The van der Waals surface area contributed by atoms with Crippen LogP contribution < -0.4 is 16.6 Å². The first-order valence-corrected chi connectivity index (χ1v) is 7.48. The van der Waals surface area contributed by atoms with Crippen molar-refractivity contribution in [2.75, 3.05) is 5.43 Å². The zero-order chi connectivity index (χ0) is 14.5. The predicted molar refractivity (Wildman–Crippen MR) is 82.5 cm³/mol. The number of nitrogen functional groups attached to an aromatic ring is 1. The average molecular weight is 275 g/mol. The van der Waals surface area contributed by atoms with Crippen LogP contribution in [0.15, 0.2) is 18.2 Å². The molecule has 0 bridgehead atoms. The van der Waals surface area contributed by atoms with E-state index < -0.39 is 0 Å². The Morgan fingerprint density at radius 2 is 2.05 bits per heavy atom. The van der Waals surface area contributed by atoms with E-state index in [4.69, 9.17) is 5.84 Å². The highest BCUT2D eigenvalue weighted by molar-refractivity contribution is 5.95. The molecule has 1 aromatic carbocycles. The fourth-order valence-electron chi connectivity index (χ4n) is 2.87. The van der Waals surface area contributed by atoms with Gasteiger partial charge in [-0.25, -0.2) is 0 Å². The third kappa shape index (κ3) is 3.73. The number of aryl methyl sites for hydroxylation is 1. The normalized spacial score (nSPS) is 22.9. The van der Waals surface area contributed by atoms with Crippen molar-refractivity contribution < 1.29 is 4.79 Å². The molecule has 0 aromatic heterocycles. The minimum atomic E-state index is 0.0243. The third-order valence-corrected chi connectivity index (χ3v) is 4.24. The van der Waals surface area contributed by atoms with E-state index in [0.717, 1.165) is 30.0 Å². The Kier molecular flexibility index (Phi) is 5.01. The molecule has 4 heteroatoms. The van der Waals surface area contributed by atoms with Gasteiger partial charge in [-0.15, -0.1) is 0 Å². The molecular weight excluding hydrogens is 250 g/mol. The quantitative estimate of drug-likeness (QED) is 0.451. The molecule has 0 aliphatic heterocycles. The Bertz CT molecular complexity index is 473. The molecule has 2 unspecified atom stereocenters. The van der Waals surface area contributed by atoms with Crippen molar-refractivity contribution in [2.45, 2.75) is 52.0 Å². The Balaban J connectivity index is 1.99. The maximum atomic E-state index is 12.3. The SMILES string of the molecule is Cc1cc(C(=O)NC2CCCC(C)CC2)ccc1NN. The second kappa shape index (κ2) is 6.75. The molecular formula is C16H25N3O. The molecule has 0 spiro atoms. The lowest BCUT2D eigenvalue weighted by Gasteiger charge is -2.17. The maximum absolute atomic E-state index is 12.3. The number of carbonyl (C=O) groups is 1. The highest BCUT2D eigenvalue weighted by Crippen LogP contribution is 2.23. The molecule has 0 heterocycles. The molecule has 4 N–H and O–H groups in total. The van der Waals surface area contributed by atoms with Crippen LogP contribution in [0.4, 0.5) is 5.69 Å². The van der Waals surface area contributed by atoms with Crippen LogP contribution in [0.25, 0.3) is 0 Å². The minimum absolute atomic E-state index is 0.0243. The van der Waals surface area contributed by atoms with Gasteiger partial charge in [0.25, 0.3) is 5.91 Å². The van der Waals surface area contributed by atoms with Crippen LogP contribution in [0, 0.1) is 12.8 Å². The van der Waals surface area contributed by atoms with Crippen LogP contribution in [0.1, 0.15) is 54.9 Å². The lowest BCUT2D eigenvalue weighted by molar-refractivity contribution is 0.0933. The topological polar surface area (TPSA) is 67.2 Å². The summed E-state index contributed by atoms with van der Waals surface area (Å²) in [6.07, 6.45) is 5.88. The van der Waals surface area contributed by atoms with Crippen molar-refractivity contribution in [1.29, 1.82) is 0 Å². The van der Waals surface area contributed by atoms with Gasteiger partial charge in [-0.1, -0.05) is 19.8 Å². The Morgan fingerprint density at radius 1 is 1.25 bits per heavy atom. The summed E-state index contributed by atoms with van der Waals surface area (Å²) in [7, 11) is 0. The summed E-state index contributed by atoms with van der Waals surface area (Å²) in [6, 6.07) is 5.86. The van der Waals surface area contributed by atoms with E-state index in [1.807, 2.05) is 25.1 Å². The van der Waals surface area contributed by atoms with Gasteiger partial charge in [0.1, 0.15) is 0 Å². The number of benzene rings is 1. The minimum Gasteiger partial charge on any atom is -0.349 e. The lowest BCUT2D eigenvalue weighted by atomic mass is 10.0. The molecule has 1 aliphatic carbocycles. The zero-order valence-electron chi connectivity index (χ0n) is 12.4. The first-order valence-electron chi connectivity index (χ1n) is 7.48. The van der Waals surface area contributed by atoms with Gasteiger partial charge >= 0.3 is 0 Å². The number of hydrogen-bond acceptors (Lipinski definition) is 3. The highest BCUT2D eigenvalue weighted by Gasteiger charge is 2.18. The molecule has 110 valence electrons. The number of hydrogen-bond donors (Lipinski definition) is 3. The average Bonchev–Trinajstić information content (AvgIpc) is 2.63. The van der Waals surface area contributed by atoms with Crippen molar-refractivity contribution in [3.8, 4) is 0 Å². The van der Waals surface area contributed by atoms with Crippen LogP contribution in [-0.4, -0.2) is 11.9 Å². The molecule has 0 saturated heterocycles. The highest BCUT2D eigenvalue weighted by atomic mass is 16.1. The van der Waals surface area contributed by atoms with Crippen LogP contribution in [0.2, 0.25) is 0 Å². The van der Waals surface area contributed by atoms with Gasteiger partial charge in [0.15, 0.2) is 0 Å². The second-order valence-corrected chi connectivity index (χ2v) is 5.96. The molecule has 1 aliphatic rings. The van der Waals surface area contributed by atoms with E-state index in [2.05, 4.69) is 17.7 Å². The van der Waals surface area contributed by atoms with E-state index in [-0.39, 0.29) is 5.91 Å². The van der Waals surface area contributed by atoms with E-state index >= 15 is 0 Å². The standard InChI is InChI=1S/C16H25N3O/c1-11-4-3-5-14(8-6-11)18-16(20)13-7-9-15(19-17)12(2)10-13/h7,9-11,14,19H,3-6,8,17H2,1-2H3,(H,18,20). The van der Waals surface area contributed by atoms with Gasteiger partial charge in [-0.05, 0) is 55.9 Å². The number of nitrogens with one attached hydrogen (secondary N) is 2. The summed E-state index contributed by atoms with van der Waals surface area (Å²) >= 11 is 0. The van der Waals surface area contributed by atoms with Crippen LogP contribution in [0.3, 0.4) is 0 Å². The molecule has 1 fully saturated rings. The predicted octanol–water partition coefficient (Wildman–Crippen LogP) is 2.98. The smallest absolute Gasteiger partial charge is 0.251 e. The summed E-state index contributed by atoms with van der Waals surface area (Å²) in [6.45, 7) is 4.24. The van der Waals surface area contributed by atoms with Crippen LogP contribution >= 0.6 is 0 Å². The Morgan fingerprint density at radius 3 is 2.75 bits per heavy atom. The molecule has 1 saturated carbocycles. The zero-order valence-corrected chi connectivity index (χ0v) is 12.4. The number of rotatable bonds is 3. The second-order valence-electron chi connectivity index (χ2n) is 5.96. The summed E-state index contributed by atoms with van der Waals surface area (Å²) in [5, 5.41) is 3.17. The molecule has 20 heavy (non-hydrogen) atoms. The van der Waals surface area contributed by atoms with Crippen LogP contribution in [-0.2, 0) is 0 Å². The van der Waals surface area contributed by atoms with E-state index in [1.54, 1.807) is 0 Å². The summed E-state index contributed by atoms with van der Waals surface area (Å²) < 4.78 is 0. The van der Waals surface area contributed by atoms with E-state index in [9.17, 15) is 4.79 Å². The van der Waals surface area contributed by atoms with Gasteiger partial charge in [0.2, 0.25) is 0 Å². The van der Waals surface area contributed by atoms with Crippen molar-refractivity contribution >= 4 is 11.6 Å². The first kappa shape index (κ1) is 14.9. The fourth-order valence-corrected chi connectivity index (χ4v) is 2.87. The van der Waals surface area contributed by atoms with Gasteiger partial charge in [0.05, 0.1) is 5.69 Å². The molecule has 4 nitrogen and oxygen atoms in total. The first-order chi connectivity index (χ1) is 9.60. The summed E-state index contributed by atoms with van der Waals surface area (Å²) in [4.78, 5) is 12.3.